The minimum atomic E-state index is -4.15. The molecule has 9 heteroatoms. The number of nitrogens with zero attached hydrogens (tertiary/aromatic N) is 1. The number of ether oxygens (including phenoxy) is 1. The highest BCUT2D eigenvalue weighted by Crippen LogP contribution is 2.40. The Kier molecular flexibility index (Phi) is 4.71. The fourth-order valence-corrected chi connectivity index (χ4v) is 4.13. The lowest BCUT2D eigenvalue weighted by Gasteiger charge is -2.28. The highest BCUT2D eigenvalue weighted by molar-refractivity contribution is 7.96. The number of anilines is 3. The van der Waals surface area contributed by atoms with Crippen molar-refractivity contribution in [2.45, 2.75) is 11.8 Å². The maximum atomic E-state index is 13.8. The van der Waals surface area contributed by atoms with Gasteiger partial charge < -0.3 is 15.0 Å². The van der Waals surface area contributed by atoms with Gasteiger partial charge in [0.05, 0.1) is 17.7 Å². The van der Waals surface area contributed by atoms with Crippen LogP contribution in [0.4, 0.5) is 21.5 Å². The van der Waals surface area contributed by atoms with Crippen molar-refractivity contribution in [2.75, 3.05) is 17.3 Å². The van der Waals surface area contributed by atoms with E-state index < -0.39 is 26.5 Å². The van der Waals surface area contributed by atoms with Gasteiger partial charge in [-0.25, -0.2) is 17.6 Å². The highest BCUT2D eigenvalue weighted by atomic mass is 32.2. The quantitative estimate of drug-likeness (QED) is 0.640. The number of halogens is 1. The minimum Gasteiger partial charge on any atom is -0.465 e. The fraction of sp³-hybridized carbons (Fsp3) is 0.111. The topological polar surface area (TPSA) is 92.8 Å². The molecule has 0 radical (unpaired) electrons. The standard InChI is InChI=1S/C18H15FN2O5S/c1-11(22)20-13-4-6-14(7-5-13)21-10-17(18(23)26-2)27(24,25)16-8-3-12(19)9-15(16)21/h3-10H,1-2H3,(H,20,22). The summed E-state index contributed by atoms with van der Waals surface area (Å²) in [5, 5.41) is 2.61. The molecule has 1 aliphatic heterocycles. The Labute approximate surface area is 155 Å². The predicted octanol–water partition coefficient (Wildman–Crippen LogP) is 2.72. The zero-order valence-electron chi connectivity index (χ0n) is 14.4. The third-order valence-electron chi connectivity index (χ3n) is 3.86. The van der Waals surface area contributed by atoms with E-state index in [4.69, 9.17) is 0 Å². The average molecular weight is 390 g/mol. The number of fused-ring (bicyclic) bond motifs is 1. The van der Waals surface area contributed by atoms with Crippen molar-refractivity contribution in [1.29, 1.82) is 0 Å². The zero-order valence-corrected chi connectivity index (χ0v) is 15.2. The molecule has 1 amide bonds. The Balaban J connectivity index is 2.17. The lowest BCUT2D eigenvalue weighted by molar-refractivity contribution is -0.135. The molecule has 2 aromatic rings. The average Bonchev–Trinajstić information content (AvgIpc) is 2.61. The van der Waals surface area contributed by atoms with Crippen molar-refractivity contribution in [2.24, 2.45) is 0 Å². The van der Waals surface area contributed by atoms with Gasteiger partial charge in [-0.2, -0.15) is 0 Å². The Morgan fingerprint density at radius 3 is 2.37 bits per heavy atom. The number of rotatable bonds is 3. The van der Waals surface area contributed by atoms with Crippen molar-refractivity contribution in [3.05, 3.63) is 59.4 Å². The third kappa shape index (κ3) is 3.41. The summed E-state index contributed by atoms with van der Waals surface area (Å²) in [6, 6.07) is 9.59. The smallest absolute Gasteiger partial charge is 0.351 e. The molecule has 0 bridgehead atoms. The second-order valence-corrected chi connectivity index (χ2v) is 7.59. The van der Waals surface area contributed by atoms with E-state index in [1.165, 1.54) is 11.8 Å². The largest absolute Gasteiger partial charge is 0.465 e. The van der Waals surface area contributed by atoms with Gasteiger partial charge in [-0.05, 0) is 42.5 Å². The Hall–Kier alpha value is -3.20. The van der Waals surface area contributed by atoms with Crippen LogP contribution in [0.25, 0.3) is 0 Å². The highest BCUT2D eigenvalue weighted by Gasteiger charge is 2.36. The number of carbonyl (C=O) groups excluding carboxylic acids is 2. The summed E-state index contributed by atoms with van der Waals surface area (Å²) in [6.45, 7) is 1.37. The van der Waals surface area contributed by atoms with Crippen LogP contribution in [0.5, 0.6) is 0 Å². The molecule has 0 saturated heterocycles. The van der Waals surface area contributed by atoms with E-state index in [0.29, 0.717) is 11.4 Å². The molecule has 27 heavy (non-hydrogen) atoms. The molecule has 0 atom stereocenters. The molecule has 1 N–H and O–H groups in total. The van der Waals surface area contributed by atoms with Crippen LogP contribution in [0.1, 0.15) is 6.92 Å². The first kappa shape index (κ1) is 18.6. The first-order valence-electron chi connectivity index (χ1n) is 7.75. The van der Waals surface area contributed by atoms with Gasteiger partial charge >= 0.3 is 5.97 Å². The van der Waals surface area contributed by atoms with Crippen LogP contribution in [0.3, 0.4) is 0 Å². The van der Waals surface area contributed by atoms with Crippen molar-refractivity contribution in [3.63, 3.8) is 0 Å². The molecule has 0 aliphatic carbocycles. The molecular weight excluding hydrogens is 375 g/mol. The number of methoxy groups -OCH3 is 1. The molecule has 0 unspecified atom stereocenters. The Morgan fingerprint density at radius 1 is 1.11 bits per heavy atom. The number of nitrogens with one attached hydrogen (secondary N) is 1. The predicted molar refractivity (Wildman–Crippen MR) is 96.6 cm³/mol. The van der Waals surface area contributed by atoms with Crippen molar-refractivity contribution in [3.8, 4) is 0 Å². The molecule has 0 saturated carbocycles. The second-order valence-electron chi connectivity index (χ2n) is 5.70. The van der Waals surface area contributed by atoms with E-state index in [-0.39, 0.29) is 16.5 Å². The van der Waals surface area contributed by atoms with Gasteiger partial charge in [-0.15, -0.1) is 0 Å². The summed E-state index contributed by atoms with van der Waals surface area (Å²) in [4.78, 5) is 23.7. The van der Waals surface area contributed by atoms with Crippen LogP contribution in [0.15, 0.2) is 58.5 Å². The molecule has 0 aromatic heterocycles. The van der Waals surface area contributed by atoms with Crippen molar-refractivity contribution in [1.82, 2.24) is 0 Å². The van der Waals surface area contributed by atoms with E-state index >= 15 is 0 Å². The molecule has 1 aliphatic rings. The fourth-order valence-electron chi connectivity index (χ4n) is 2.67. The van der Waals surface area contributed by atoms with Crippen molar-refractivity contribution >= 4 is 38.8 Å². The minimum absolute atomic E-state index is 0.0648. The molecule has 3 rings (SSSR count). The van der Waals surface area contributed by atoms with Crippen LogP contribution in [0.2, 0.25) is 0 Å². The SMILES string of the molecule is COC(=O)C1=CN(c2ccc(NC(C)=O)cc2)c2cc(F)ccc2S1(=O)=O. The Bertz CT molecular complexity index is 1060. The number of sulfone groups is 1. The normalized spacial score (nSPS) is 14.8. The summed E-state index contributed by atoms with van der Waals surface area (Å²) in [7, 11) is -3.08. The molecular formula is C18H15FN2O5S. The monoisotopic (exact) mass is 390 g/mol. The van der Waals surface area contributed by atoms with Crippen LogP contribution in [-0.2, 0) is 24.2 Å². The number of carbonyl (C=O) groups is 2. The lowest BCUT2D eigenvalue weighted by Crippen LogP contribution is -2.26. The summed E-state index contributed by atoms with van der Waals surface area (Å²) >= 11 is 0. The summed E-state index contributed by atoms with van der Waals surface area (Å²) in [6.07, 6.45) is 1.09. The van der Waals surface area contributed by atoms with Gasteiger partial charge in [0.15, 0.2) is 4.91 Å². The van der Waals surface area contributed by atoms with Gasteiger partial charge in [0, 0.05) is 24.5 Å². The third-order valence-corrected chi connectivity index (χ3v) is 5.63. The number of benzene rings is 2. The van der Waals surface area contributed by atoms with E-state index in [0.717, 1.165) is 31.5 Å². The van der Waals surface area contributed by atoms with Gasteiger partial charge in [-0.3, -0.25) is 4.79 Å². The summed E-state index contributed by atoms with van der Waals surface area (Å²) in [5.74, 6) is -1.89. The summed E-state index contributed by atoms with van der Waals surface area (Å²) in [5.41, 5.74) is 1.06. The molecule has 0 spiro atoms. The van der Waals surface area contributed by atoms with Gasteiger partial charge in [0.25, 0.3) is 0 Å². The molecule has 1 heterocycles. The van der Waals surface area contributed by atoms with E-state index in [2.05, 4.69) is 10.1 Å². The van der Waals surface area contributed by atoms with Crippen LogP contribution in [-0.4, -0.2) is 27.4 Å². The van der Waals surface area contributed by atoms with Crippen LogP contribution >= 0.6 is 0 Å². The number of hydrogen-bond acceptors (Lipinski definition) is 6. The van der Waals surface area contributed by atoms with Gasteiger partial charge in [-0.1, -0.05) is 0 Å². The first-order chi connectivity index (χ1) is 12.7. The van der Waals surface area contributed by atoms with Gasteiger partial charge in [0.1, 0.15) is 5.82 Å². The molecule has 140 valence electrons. The van der Waals surface area contributed by atoms with Gasteiger partial charge in [0.2, 0.25) is 15.7 Å². The van der Waals surface area contributed by atoms with E-state index in [9.17, 15) is 22.4 Å². The number of hydrogen-bond donors (Lipinski definition) is 1. The first-order valence-corrected chi connectivity index (χ1v) is 9.24. The maximum absolute atomic E-state index is 13.8. The molecule has 7 nitrogen and oxygen atoms in total. The van der Waals surface area contributed by atoms with Crippen molar-refractivity contribution < 1.29 is 27.1 Å². The molecule has 0 fully saturated rings. The number of esters is 1. The summed E-state index contributed by atoms with van der Waals surface area (Å²) < 4.78 is 43.8. The zero-order chi connectivity index (χ0) is 19.8. The number of amides is 1. The second kappa shape index (κ2) is 6.84. The molecule has 2 aromatic carbocycles. The Morgan fingerprint density at radius 2 is 1.78 bits per heavy atom. The lowest BCUT2D eigenvalue weighted by atomic mass is 10.2. The van der Waals surface area contributed by atoms with Crippen LogP contribution in [0, 0.1) is 5.82 Å². The van der Waals surface area contributed by atoms with Crippen LogP contribution < -0.4 is 10.2 Å². The van der Waals surface area contributed by atoms with E-state index in [1.54, 1.807) is 24.3 Å². The maximum Gasteiger partial charge on any atom is 0.351 e. The van der Waals surface area contributed by atoms with E-state index in [1.807, 2.05) is 0 Å².